The van der Waals surface area contributed by atoms with Crippen molar-refractivity contribution >= 4 is 37.9 Å². The third-order valence-electron chi connectivity index (χ3n) is 1.43. The van der Waals surface area contributed by atoms with Crippen LogP contribution in [-0.4, -0.2) is 0 Å². The van der Waals surface area contributed by atoms with Gasteiger partial charge in [0.05, 0.1) is 0 Å². The zero-order valence-electron chi connectivity index (χ0n) is 6.20. The lowest BCUT2D eigenvalue weighted by molar-refractivity contribution is 1.41. The molecule has 11 heavy (non-hydrogen) atoms. The van der Waals surface area contributed by atoms with Gasteiger partial charge in [-0.2, -0.15) is 0 Å². The van der Waals surface area contributed by atoms with Gasteiger partial charge in [-0.1, -0.05) is 44.5 Å². The Morgan fingerprint density at radius 3 is 2.09 bits per heavy atom. The van der Waals surface area contributed by atoms with E-state index in [1.807, 2.05) is 6.08 Å². The highest BCUT2D eigenvalue weighted by atomic mass is 79.9. The molecule has 0 aliphatic carbocycles. The number of benzene rings is 1. The molecule has 0 nitrogen and oxygen atoms in total. The van der Waals surface area contributed by atoms with Crippen LogP contribution in [0.1, 0.15) is 11.1 Å². The first-order valence-corrected chi connectivity index (χ1v) is 4.82. The molecule has 0 radical (unpaired) electrons. The van der Waals surface area contributed by atoms with E-state index in [-0.39, 0.29) is 0 Å². The van der Waals surface area contributed by atoms with Gasteiger partial charge in [0, 0.05) is 14.5 Å². The Balaban J connectivity index is 3.36. The van der Waals surface area contributed by atoms with Gasteiger partial charge in [0.25, 0.3) is 0 Å². The zero-order chi connectivity index (χ0) is 8.43. The van der Waals surface area contributed by atoms with Crippen molar-refractivity contribution < 1.29 is 0 Å². The maximum Gasteiger partial charge on any atom is 0.0261 e. The molecule has 0 saturated carbocycles. The van der Waals surface area contributed by atoms with Crippen LogP contribution in [0.2, 0.25) is 0 Å². The second kappa shape index (κ2) is 3.55. The summed E-state index contributed by atoms with van der Waals surface area (Å²) in [4.78, 5) is 0. The van der Waals surface area contributed by atoms with E-state index >= 15 is 0 Å². The monoisotopic (exact) mass is 274 g/mol. The van der Waals surface area contributed by atoms with Gasteiger partial charge in [0.2, 0.25) is 0 Å². The van der Waals surface area contributed by atoms with Gasteiger partial charge in [-0.3, -0.25) is 0 Å². The summed E-state index contributed by atoms with van der Waals surface area (Å²) in [5.74, 6) is 0. The van der Waals surface area contributed by atoms with Gasteiger partial charge in [0.1, 0.15) is 0 Å². The Kier molecular flexibility index (Phi) is 2.90. The lowest BCUT2D eigenvalue weighted by atomic mass is 10.1. The van der Waals surface area contributed by atoms with Crippen LogP contribution in [0.3, 0.4) is 0 Å². The molecule has 1 aromatic carbocycles. The van der Waals surface area contributed by atoms with Crippen molar-refractivity contribution in [3.63, 3.8) is 0 Å². The maximum atomic E-state index is 3.72. The predicted molar refractivity (Wildman–Crippen MR) is 56.7 cm³/mol. The van der Waals surface area contributed by atoms with Crippen LogP contribution in [0.15, 0.2) is 27.7 Å². The second-order valence-electron chi connectivity index (χ2n) is 2.35. The molecule has 0 saturated heterocycles. The van der Waals surface area contributed by atoms with Crippen molar-refractivity contribution in [2.45, 2.75) is 6.92 Å². The molecule has 2 heteroatoms. The summed E-state index contributed by atoms with van der Waals surface area (Å²) >= 11 is 6.91. The average Bonchev–Trinajstić information content (AvgIpc) is 1.85. The molecule has 0 aliphatic rings. The summed E-state index contributed by atoms with van der Waals surface area (Å²) in [5, 5.41) is 0. The van der Waals surface area contributed by atoms with E-state index in [1.54, 1.807) is 0 Å². The lowest BCUT2D eigenvalue weighted by Crippen LogP contribution is -1.80. The number of hydrogen-bond donors (Lipinski definition) is 0. The minimum Gasteiger partial charge on any atom is -0.0984 e. The van der Waals surface area contributed by atoms with Crippen LogP contribution in [0.5, 0.6) is 0 Å². The Morgan fingerprint density at radius 1 is 1.27 bits per heavy atom. The topological polar surface area (TPSA) is 0 Å². The largest absolute Gasteiger partial charge is 0.0984 e. The molecule has 0 unspecified atom stereocenters. The summed E-state index contributed by atoms with van der Waals surface area (Å²) in [6.45, 7) is 5.78. The van der Waals surface area contributed by atoms with Gasteiger partial charge in [-0.25, -0.2) is 0 Å². The van der Waals surface area contributed by atoms with Gasteiger partial charge in [-0.05, 0) is 24.6 Å². The van der Waals surface area contributed by atoms with Crippen molar-refractivity contribution in [2.75, 3.05) is 0 Å². The van der Waals surface area contributed by atoms with E-state index in [2.05, 4.69) is 57.5 Å². The van der Waals surface area contributed by atoms with Crippen molar-refractivity contribution in [2.24, 2.45) is 0 Å². The molecule has 0 N–H and O–H groups in total. The first kappa shape index (κ1) is 9.01. The van der Waals surface area contributed by atoms with Crippen LogP contribution < -0.4 is 0 Å². The molecule has 0 bridgehead atoms. The Morgan fingerprint density at radius 2 is 1.73 bits per heavy atom. The molecule has 0 aliphatic heterocycles. The summed E-state index contributed by atoms with van der Waals surface area (Å²) < 4.78 is 2.17. The third kappa shape index (κ3) is 1.94. The zero-order valence-corrected chi connectivity index (χ0v) is 9.37. The van der Waals surface area contributed by atoms with Crippen LogP contribution >= 0.6 is 31.9 Å². The van der Waals surface area contributed by atoms with Crippen LogP contribution in [-0.2, 0) is 0 Å². The first-order chi connectivity index (χ1) is 5.15. The molecule has 1 aromatic rings. The molecule has 0 heterocycles. The standard InChI is InChI=1S/C9H8Br2/c1-3-7-8(10)4-6(2)5-9(7)11/h3-5H,1H2,2H3. The van der Waals surface area contributed by atoms with Crippen molar-refractivity contribution in [1.82, 2.24) is 0 Å². The summed E-state index contributed by atoms with van der Waals surface area (Å²) in [6, 6.07) is 4.14. The molecule has 1 rings (SSSR count). The normalized spacial score (nSPS) is 9.73. The SMILES string of the molecule is C=Cc1c(Br)cc(C)cc1Br. The van der Waals surface area contributed by atoms with Gasteiger partial charge < -0.3 is 0 Å². The smallest absolute Gasteiger partial charge is 0.0261 e. The highest BCUT2D eigenvalue weighted by molar-refractivity contribution is 9.11. The molecular formula is C9H8Br2. The minimum absolute atomic E-state index is 1.08. The number of rotatable bonds is 1. The number of hydrogen-bond acceptors (Lipinski definition) is 0. The molecular weight excluding hydrogens is 268 g/mol. The van der Waals surface area contributed by atoms with E-state index in [1.165, 1.54) is 5.56 Å². The fourth-order valence-electron chi connectivity index (χ4n) is 0.906. The Bertz CT molecular complexity index is 267. The minimum atomic E-state index is 1.08. The number of aryl methyl sites for hydroxylation is 1. The highest BCUT2D eigenvalue weighted by Gasteiger charge is 2.00. The van der Waals surface area contributed by atoms with Crippen molar-refractivity contribution in [3.05, 3.63) is 38.8 Å². The lowest BCUT2D eigenvalue weighted by Gasteiger charge is -2.02. The van der Waals surface area contributed by atoms with Gasteiger partial charge in [-0.15, -0.1) is 0 Å². The van der Waals surface area contributed by atoms with E-state index in [0.29, 0.717) is 0 Å². The van der Waals surface area contributed by atoms with E-state index < -0.39 is 0 Å². The quantitative estimate of drug-likeness (QED) is 0.722. The molecule has 58 valence electrons. The maximum absolute atomic E-state index is 3.72. The highest BCUT2D eigenvalue weighted by Crippen LogP contribution is 2.27. The third-order valence-corrected chi connectivity index (χ3v) is 2.74. The Labute approximate surface area is 83.6 Å². The fraction of sp³-hybridized carbons (Fsp3) is 0.111. The number of halogens is 2. The Hall–Kier alpha value is -0.0800. The van der Waals surface area contributed by atoms with Crippen LogP contribution in [0, 0.1) is 6.92 Å². The average molecular weight is 276 g/mol. The van der Waals surface area contributed by atoms with E-state index in [9.17, 15) is 0 Å². The second-order valence-corrected chi connectivity index (χ2v) is 4.06. The van der Waals surface area contributed by atoms with Crippen LogP contribution in [0.25, 0.3) is 6.08 Å². The molecule has 0 aromatic heterocycles. The molecule has 0 atom stereocenters. The first-order valence-electron chi connectivity index (χ1n) is 3.23. The van der Waals surface area contributed by atoms with E-state index in [4.69, 9.17) is 0 Å². The summed E-state index contributed by atoms with van der Waals surface area (Å²) in [7, 11) is 0. The summed E-state index contributed by atoms with van der Waals surface area (Å²) in [5.41, 5.74) is 2.34. The van der Waals surface area contributed by atoms with Gasteiger partial charge in [0.15, 0.2) is 0 Å². The van der Waals surface area contributed by atoms with Crippen molar-refractivity contribution in [3.8, 4) is 0 Å². The predicted octanol–water partition coefficient (Wildman–Crippen LogP) is 4.16. The molecule has 0 fully saturated rings. The fourth-order valence-corrected chi connectivity index (χ4v) is 2.65. The molecule has 0 spiro atoms. The van der Waals surface area contributed by atoms with Gasteiger partial charge >= 0.3 is 0 Å². The van der Waals surface area contributed by atoms with E-state index in [0.717, 1.165) is 14.5 Å². The summed E-state index contributed by atoms with van der Waals surface area (Å²) in [6.07, 6.45) is 1.83. The van der Waals surface area contributed by atoms with Crippen LogP contribution in [0.4, 0.5) is 0 Å². The van der Waals surface area contributed by atoms with Crippen molar-refractivity contribution in [1.29, 1.82) is 0 Å². The molecule has 0 amide bonds.